The highest BCUT2D eigenvalue weighted by Crippen LogP contribution is 2.29. The van der Waals surface area contributed by atoms with Gasteiger partial charge in [0.15, 0.2) is 0 Å². The van der Waals surface area contributed by atoms with Crippen molar-refractivity contribution in [3.8, 4) is 0 Å². The fourth-order valence-corrected chi connectivity index (χ4v) is 4.74. The van der Waals surface area contributed by atoms with Gasteiger partial charge in [0.05, 0.1) is 11.7 Å². The number of benzene rings is 2. The van der Waals surface area contributed by atoms with Crippen molar-refractivity contribution in [3.63, 3.8) is 0 Å². The van der Waals surface area contributed by atoms with Crippen LogP contribution in [0.2, 0.25) is 0 Å². The zero-order valence-electron chi connectivity index (χ0n) is 18.6. The lowest BCUT2D eigenvalue weighted by molar-refractivity contribution is 0.0590. The summed E-state index contributed by atoms with van der Waals surface area (Å²) >= 11 is 0. The predicted octanol–water partition coefficient (Wildman–Crippen LogP) is 4.50. The quantitative estimate of drug-likeness (QED) is 0.484. The molecule has 1 saturated heterocycles. The molecule has 0 saturated carbocycles. The first-order chi connectivity index (χ1) is 15.6. The molecular formula is C27H28N4O. The number of aromatic nitrogens is 2. The van der Waals surface area contributed by atoms with Crippen molar-refractivity contribution in [1.29, 1.82) is 0 Å². The molecule has 2 aromatic heterocycles. The van der Waals surface area contributed by atoms with Gasteiger partial charge in [0, 0.05) is 32.4 Å². The number of amides is 1. The number of hydrogen-bond donors (Lipinski definition) is 0. The molecule has 5 heteroatoms. The number of carbonyl (C=O) groups is 1. The molecule has 0 unspecified atom stereocenters. The first-order valence-corrected chi connectivity index (χ1v) is 11.2. The van der Waals surface area contributed by atoms with E-state index in [1.54, 1.807) is 0 Å². The fraction of sp³-hybridized carbons (Fsp3) is 0.259. The summed E-state index contributed by atoms with van der Waals surface area (Å²) in [4.78, 5) is 22.5. The summed E-state index contributed by atoms with van der Waals surface area (Å²) in [5.41, 5.74) is 5.97. The minimum Gasteiger partial charge on any atom is -0.335 e. The number of imidazole rings is 1. The normalized spacial score (nSPS) is 14.9. The highest BCUT2D eigenvalue weighted by atomic mass is 16.2. The van der Waals surface area contributed by atoms with E-state index in [4.69, 9.17) is 0 Å². The highest BCUT2D eigenvalue weighted by Gasteiger charge is 2.30. The molecule has 0 atom stereocenters. The Bertz CT molecular complexity index is 1190. The Kier molecular flexibility index (Phi) is 5.50. The maximum absolute atomic E-state index is 13.5. The molecule has 0 bridgehead atoms. The van der Waals surface area contributed by atoms with E-state index in [0.717, 1.165) is 30.0 Å². The van der Waals surface area contributed by atoms with E-state index in [1.807, 2.05) is 41.5 Å². The van der Waals surface area contributed by atoms with Crippen LogP contribution in [0.4, 0.5) is 0 Å². The molecular weight excluding hydrogens is 396 g/mol. The van der Waals surface area contributed by atoms with Crippen molar-refractivity contribution in [2.75, 3.05) is 26.2 Å². The average molecular weight is 425 g/mol. The molecule has 3 heterocycles. The van der Waals surface area contributed by atoms with E-state index in [0.29, 0.717) is 18.8 Å². The van der Waals surface area contributed by atoms with Crippen LogP contribution in [0.3, 0.4) is 0 Å². The molecule has 5 rings (SSSR count). The maximum atomic E-state index is 13.5. The molecule has 0 N–H and O–H groups in total. The SMILES string of the molecule is Cc1ccc2nc(C)c(C(=O)N3CCN(C(c4ccccc4)c4ccccc4)CC3)n2c1. The summed E-state index contributed by atoms with van der Waals surface area (Å²) in [7, 11) is 0. The highest BCUT2D eigenvalue weighted by molar-refractivity contribution is 5.94. The lowest BCUT2D eigenvalue weighted by atomic mass is 9.96. The smallest absolute Gasteiger partial charge is 0.272 e. The van der Waals surface area contributed by atoms with Gasteiger partial charge in [-0.05, 0) is 36.6 Å². The van der Waals surface area contributed by atoms with Crippen molar-refractivity contribution in [3.05, 3.63) is 107 Å². The van der Waals surface area contributed by atoms with Gasteiger partial charge >= 0.3 is 0 Å². The number of fused-ring (bicyclic) bond motifs is 1. The van der Waals surface area contributed by atoms with E-state index in [1.165, 1.54) is 11.1 Å². The molecule has 2 aromatic carbocycles. The zero-order chi connectivity index (χ0) is 22.1. The summed E-state index contributed by atoms with van der Waals surface area (Å²) < 4.78 is 1.94. The molecule has 32 heavy (non-hydrogen) atoms. The Morgan fingerprint density at radius 3 is 2.00 bits per heavy atom. The van der Waals surface area contributed by atoms with Gasteiger partial charge in [-0.15, -0.1) is 0 Å². The van der Waals surface area contributed by atoms with Gasteiger partial charge in [0.1, 0.15) is 11.3 Å². The predicted molar refractivity (Wildman–Crippen MR) is 127 cm³/mol. The number of piperazine rings is 1. The number of rotatable bonds is 4. The minimum absolute atomic E-state index is 0.0659. The van der Waals surface area contributed by atoms with Crippen molar-refractivity contribution in [1.82, 2.24) is 19.2 Å². The van der Waals surface area contributed by atoms with E-state index in [-0.39, 0.29) is 11.9 Å². The summed E-state index contributed by atoms with van der Waals surface area (Å²) in [6, 6.07) is 25.5. The minimum atomic E-state index is 0.0659. The van der Waals surface area contributed by atoms with E-state index < -0.39 is 0 Å². The van der Waals surface area contributed by atoms with Gasteiger partial charge in [-0.25, -0.2) is 4.98 Å². The number of nitrogens with zero attached hydrogens (tertiary/aromatic N) is 4. The largest absolute Gasteiger partial charge is 0.335 e. The van der Waals surface area contributed by atoms with Crippen LogP contribution in [0.25, 0.3) is 5.65 Å². The molecule has 4 aromatic rings. The van der Waals surface area contributed by atoms with Crippen molar-refractivity contribution >= 4 is 11.6 Å². The van der Waals surface area contributed by atoms with Crippen LogP contribution in [0.5, 0.6) is 0 Å². The second kappa shape index (κ2) is 8.60. The van der Waals surface area contributed by atoms with Gasteiger partial charge in [0.2, 0.25) is 0 Å². The number of hydrogen-bond acceptors (Lipinski definition) is 3. The van der Waals surface area contributed by atoms with Crippen LogP contribution in [0.15, 0.2) is 79.0 Å². The fourth-order valence-electron chi connectivity index (χ4n) is 4.74. The molecule has 0 radical (unpaired) electrons. The van der Waals surface area contributed by atoms with E-state index in [2.05, 4.69) is 70.5 Å². The molecule has 162 valence electrons. The lowest BCUT2D eigenvalue weighted by Crippen LogP contribution is -2.50. The maximum Gasteiger partial charge on any atom is 0.272 e. The standard InChI is InChI=1S/C27H28N4O/c1-20-13-14-24-28-21(2)25(31(24)19-20)27(32)30-17-15-29(16-18-30)26(22-9-5-3-6-10-22)23-11-7-4-8-12-23/h3-14,19,26H,15-18H2,1-2H3. The van der Waals surface area contributed by atoms with Crippen molar-refractivity contribution in [2.24, 2.45) is 0 Å². The lowest BCUT2D eigenvalue weighted by Gasteiger charge is -2.39. The third kappa shape index (κ3) is 3.80. The molecule has 1 amide bonds. The van der Waals surface area contributed by atoms with Gasteiger partial charge in [-0.3, -0.25) is 14.1 Å². The van der Waals surface area contributed by atoms with Crippen molar-refractivity contribution < 1.29 is 4.79 Å². The first-order valence-electron chi connectivity index (χ1n) is 11.2. The van der Waals surface area contributed by atoms with Crippen LogP contribution in [-0.4, -0.2) is 51.3 Å². The average Bonchev–Trinajstić information content (AvgIpc) is 3.15. The molecule has 1 aliphatic heterocycles. The Morgan fingerprint density at radius 2 is 1.41 bits per heavy atom. The monoisotopic (exact) mass is 424 g/mol. The second-order valence-corrected chi connectivity index (χ2v) is 8.53. The van der Waals surface area contributed by atoms with Crippen molar-refractivity contribution in [2.45, 2.75) is 19.9 Å². The van der Waals surface area contributed by atoms with Gasteiger partial charge in [0.25, 0.3) is 5.91 Å². The number of aryl methyl sites for hydroxylation is 2. The zero-order valence-corrected chi connectivity index (χ0v) is 18.6. The number of carbonyl (C=O) groups excluding carboxylic acids is 1. The molecule has 1 aliphatic rings. The van der Waals surface area contributed by atoms with Gasteiger partial charge < -0.3 is 4.90 Å². The van der Waals surface area contributed by atoms with Gasteiger partial charge in [-0.2, -0.15) is 0 Å². The van der Waals surface area contributed by atoms with E-state index >= 15 is 0 Å². The van der Waals surface area contributed by atoms with Gasteiger partial charge in [-0.1, -0.05) is 66.7 Å². The third-order valence-electron chi connectivity index (χ3n) is 6.34. The first kappa shape index (κ1) is 20.5. The third-order valence-corrected chi connectivity index (χ3v) is 6.34. The summed E-state index contributed by atoms with van der Waals surface area (Å²) in [5, 5.41) is 0. The van der Waals surface area contributed by atoms with Crippen LogP contribution >= 0.6 is 0 Å². The topological polar surface area (TPSA) is 40.9 Å². The summed E-state index contributed by atoms with van der Waals surface area (Å²) in [6.07, 6.45) is 2.00. The van der Waals surface area contributed by atoms with Crippen LogP contribution in [0.1, 0.15) is 38.9 Å². The van der Waals surface area contributed by atoms with Crippen LogP contribution < -0.4 is 0 Å². The number of pyridine rings is 1. The Labute approximate surface area is 188 Å². The Hall–Kier alpha value is -3.44. The van der Waals surface area contributed by atoms with Crippen LogP contribution in [-0.2, 0) is 0 Å². The summed E-state index contributed by atoms with van der Waals surface area (Å²) in [6.45, 7) is 7.02. The molecule has 5 nitrogen and oxygen atoms in total. The Morgan fingerprint density at radius 1 is 0.812 bits per heavy atom. The van der Waals surface area contributed by atoms with Crippen LogP contribution in [0, 0.1) is 13.8 Å². The summed E-state index contributed by atoms with van der Waals surface area (Å²) in [5.74, 6) is 0.0659. The Balaban J connectivity index is 1.38. The second-order valence-electron chi connectivity index (χ2n) is 8.53. The van der Waals surface area contributed by atoms with E-state index in [9.17, 15) is 4.79 Å². The molecule has 0 aliphatic carbocycles. The molecule has 0 spiro atoms. The molecule has 1 fully saturated rings.